The number of nitrogens with two attached hydrogens (primary N) is 1. The number of amides is 1. The molecule has 1 saturated carbocycles. The average Bonchev–Trinajstić information content (AvgIpc) is 2.64. The Hall–Kier alpha value is -0.420. The summed E-state index contributed by atoms with van der Waals surface area (Å²) in [6, 6.07) is 0. The van der Waals surface area contributed by atoms with Gasteiger partial charge in [0.05, 0.1) is 12.1 Å². The number of halogens is 3. The molecule has 1 rings (SSSR count). The van der Waals surface area contributed by atoms with Crippen LogP contribution < -0.4 is 11.1 Å². The van der Waals surface area contributed by atoms with Crippen LogP contribution in [0.2, 0.25) is 0 Å². The van der Waals surface area contributed by atoms with Crippen molar-refractivity contribution in [1.29, 1.82) is 0 Å². The van der Waals surface area contributed by atoms with Gasteiger partial charge in [0.15, 0.2) is 0 Å². The summed E-state index contributed by atoms with van der Waals surface area (Å²) in [4.78, 5) is 10.9. The molecule has 0 heterocycles. The molecule has 3 nitrogen and oxygen atoms in total. The van der Waals surface area contributed by atoms with Gasteiger partial charge in [0, 0.05) is 0 Å². The van der Waals surface area contributed by atoms with Crippen molar-refractivity contribution in [3.8, 4) is 0 Å². The topological polar surface area (TPSA) is 55.1 Å². The number of alkyl halides is 2. The summed E-state index contributed by atoms with van der Waals surface area (Å²) in [6.45, 7) is -0.599. The SMILES string of the molecule is Cl.NC1(C(=O)NCC(F)F)CC1. The van der Waals surface area contributed by atoms with Gasteiger partial charge in [0.1, 0.15) is 0 Å². The standard InChI is InChI=1S/C6H10F2N2O.ClH/c7-4(8)3-10-5(11)6(9)1-2-6;/h4H,1-3,9H2,(H,10,11);1H. The fourth-order valence-electron chi connectivity index (χ4n) is 0.708. The lowest BCUT2D eigenvalue weighted by Gasteiger charge is -2.08. The van der Waals surface area contributed by atoms with Crippen molar-refractivity contribution >= 4 is 18.3 Å². The summed E-state index contributed by atoms with van der Waals surface area (Å²) in [5.74, 6) is -0.460. The molecular weight excluding hydrogens is 190 g/mol. The molecule has 0 radical (unpaired) electrons. The van der Waals surface area contributed by atoms with Gasteiger partial charge in [-0.05, 0) is 12.8 Å². The van der Waals surface area contributed by atoms with Crippen molar-refractivity contribution < 1.29 is 13.6 Å². The number of hydrogen-bond donors (Lipinski definition) is 2. The van der Waals surface area contributed by atoms with Gasteiger partial charge in [-0.1, -0.05) is 0 Å². The van der Waals surface area contributed by atoms with Crippen molar-refractivity contribution in [2.24, 2.45) is 5.73 Å². The third-order valence-corrected chi connectivity index (χ3v) is 1.66. The molecule has 0 aromatic carbocycles. The van der Waals surface area contributed by atoms with Gasteiger partial charge in [0.2, 0.25) is 5.91 Å². The molecule has 0 aliphatic heterocycles. The lowest BCUT2D eigenvalue weighted by molar-refractivity contribution is -0.123. The summed E-state index contributed by atoms with van der Waals surface area (Å²) < 4.78 is 23.1. The van der Waals surface area contributed by atoms with Gasteiger partial charge in [0.25, 0.3) is 6.43 Å². The number of rotatable bonds is 3. The summed E-state index contributed by atoms with van der Waals surface area (Å²) in [5.41, 5.74) is 4.58. The van der Waals surface area contributed by atoms with Gasteiger partial charge in [-0.2, -0.15) is 0 Å². The molecular formula is C6H11ClF2N2O. The first-order chi connectivity index (χ1) is 5.04. The van der Waals surface area contributed by atoms with Crippen LogP contribution in [0.1, 0.15) is 12.8 Å². The Labute approximate surface area is 75.1 Å². The van der Waals surface area contributed by atoms with Crippen LogP contribution in [0.15, 0.2) is 0 Å². The Morgan fingerprint density at radius 3 is 2.42 bits per heavy atom. The molecule has 1 aliphatic carbocycles. The second-order valence-electron chi connectivity index (χ2n) is 2.76. The molecule has 0 aromatic rings. The zero-order valence-electron chi connectivity index (χ0n) is 6.35. The Balaban J connectivity index is 0.00000121. The monoisotopic (exact) mass is 200 g/mol. The van der Waals surface area contributed by atoms with Gasteiger partial charge in [-0.3, -0.25) is 4.79 Å². The summed E-state index contributed by atoms with van der Waals surface area (Å²) in [5, 5.41) is 2.07. The van der Waals surface area contributed by atoms with Crippen LogP contribution in [0, 0.1) is 0 Å². The molecule has 1 amide bonds. The Bertz CT molecular complexity index is 173. The lowest BCUT2D eigenvalue weighted by Crippen LogP contribution is -2.44. The van der Waals surface area contributed by atoms with E-state index in [0.29, 0.717) is 12.8 Å². The third-order valence-electron chi connectivity index (χ3n) is 1.66. The summed E-state index contributed by atoms with van der Waals surface area (Å²) in [7, 11) is 0. The molecule has 0 saturated heterocycles. The zero-order valence-corrected chi connectivity index (χ0v) is 7.16. The molecule has 6 heteroatoms. The highest BCUT2D eigenvalue weighted by Crippen LogP contribution is 2.31. The molecule has 1 fully saturated rings. The van der Waals surface area contributed by atoms with Crippen LogP contribution in [0.3, 0.4) is 0 Å². The van der Waals surface area contributed by atoms with Gasteiger partial charge >= 0.3 is 0 Å². The van der Waals surface area contributed by atoms with E-state index in [-0.39, 0.29) is 12.4 Å². The first-order valence-corrected chi connectivity index (χ1v) is 3.40. The zero-order chi connectivity index (χ0) is 8.48. The predicted molar refractivity (Wildman–Crippen MR) is 42.4 cm³/mol. The predicted octanol–water partition coefficient (Wildman–Crippen LogP) is 0.281. The van der Waals surface area contributed by atoms with E-state index >= 15 is 0 Å². The van der Waals surface area contributed by atoms with Crippen LogP contribution in [0.5, 0.6) is 0 Å². The van der Waals surface area contributed by atoms with E-state index < -0.39 is 24.4 Å². The van der Waals surface area contributed by atoms with Crippen molar-refractivity contribution in [2.45, 2.75) is 24.8 Å². The van der Waals surface area contributed by atoms with E-state index in [1.165, 1.54) is 0 Å². The number of hydrogen-bond acceptors (Lipinski definition) is 2. The fourth-order valence-corrected chi connectivity index (χ4v) is 0.708. The molecule has 0 spiro atoms. The minimum atomic E-state index is -2.50. The maximum Gasteiger partial charge on any atom is 0.255 e. The molecule has 0 aromatic heterocycles. The van der Waals surface area contributed by atoms with Crippen LogP contribution in [0.4, 0.5) is 8.78 Å². The highest BCUT2D eigenvalue weighted by atomic mass is 35.5. The molecule has 12 heavy (non-hydrogen) atoms. The largest absolute Gasteiger partial charge is 0.349 e. The smallest absolute Gasteiger partial charge is 0.255 e. The molecule has 0 bridgehead atoms. The normalized spacial score (nSPS) is 18.3. The molecule has 0 atom stereocenters. The second kappa shape index (κ2) is 4.00. The van der Waals surface area contributed by atoms with Crippen LogP contribution >= 0.6 is 12.4 Å². The Morgan fingerprint density at radius 1 is 1.58 bits per heavy atom. The van der Waals surface area contributed by atoms with Crippen LogP contribution in [-0.2, 0) is 4.79 Å². The highest BCUT2D eigenvalue weighted by Gasteiger charge is 2.45. The number of carbonyl (C=O) groups excluding carboxylic acids is 1. The molecule has 3 N–H and O–H groups in total. The summed E-state index contributed by atoms with van der Waals surface area (Å²) >= 11 is 0. The van der Waals surface area contributed by atoms with Gasteiger partial charge < -0.3 is 11.1 Å². The van der Waals surface area contributed by atoms with Crippen LogP contribution in [0.25, 0.3) is 0 Å². The number of carbonyl (C=O) groups is 1. The minimum absolute atomic E-state index is 0. The van der Waals surface area contributed by atoms with Gasteiger partial charge in [-0.15, -0.1) is 12.4 Å². The van der Waals surface area contributed by atoms with E-state index in [2.05, 4.69) is 5.32 Å². The van der Waals surface area contributed by atoms with Crippen molar-refractivity contribution in [3.63, 3.8) is 0 Å². The molecule has 0 unspecified atom stereocenters. The van der Waals surface area contributed by atoms with Crippen molar-refractivity contribution in [1.82, 2.24) is 5.32 Å². The molecule has 72 valence electrons. The van der Waals surface area contributed by atoms with E-state index in [9.17, 15) is 13.6 Å². The lowest BCUT2D eigenvalue weighted by atomic mass is 10.3. The maximum atomic E-state index is 11.5. The Morgan fingerprint density at radius 2 is 2.08 bits per heavy atom. The maximum absolute atomic E-state index is 11.5. The van der Waals surface area contributed by atoms with Crippen molar-refractivity contribution in [3.05, 3.63) is 0 Å². The van der Waals surface area contributed by atoms with E-state index in [1.54, 1.807) is 0 Å². The first-order valence-electron chi connectivity index (χ1n) is 3.40. The fraction of sp³-hybridized carbons (Fsp3) is 0.833. The van der Waals surface area contributed by atoms with Crippen molar-refractivity contribution in [2.75, 3.05) is 6.54 Å². The van der Waals surface area contributed by atoms with E-state index in [4.69, 9.17) is 5.73 Å². The second-order valence-corrected chi connectivity index (χ2v) is 2.76. The minimum Gasteiger partial charge on any atom is -0.349 e. The quantitative estimate of drug-likeness (QED) is 0.688. The van der Waals surface area contributed by atoms with E-state index in [1.807, 2.05) is 0 Å². The average molecular weight is 201 g/mol. The third kappa shape index (κ3) is 2.91. The summed E-state index contributed by atoms with van der Waals surface area (Å²) in [6.07, 6.45) is -1.30. The number of nitrogens with one attached hydrogen (secondary N) is 1. The van der Waals surface area contributed by atoms with Gasteiger partial charge in [-0.25, -0.2) is 8.78 Å². The Kier molecular flexibility index (Phi) is 3.86. The van der Waals surface area contributed by atoms with E-state index in [0.717, 1.165) is 0 Å². The van der Waals surface area contributed by atoms with Crippen LogP contribution in [-0.4, -0.2) is 24.4 Å². The highest BCUT2D eigenvalue weighted by molar-refractivity contribution is 5.88. The molecule has 1 aliphatic rings. The first kappa shape index (κ1) is 11.6.